The van der Waals surface area contributed by atoms with Gasteiger partial charge in [0.15, 0.2) is 0 Å². The predicted octanol–water partition coefficient (Wildman–Crippen LogP) is 12.5. The molecule has 0 aromatic heterocycles. The molecular weight excluding hydrogens is 893 g/mol. The van der Waals surface area contributed by atoms with Gasteiger partial charge in [-0.3, -0.25) is 0 Å². The van der Waals surface area contributed by atoms with E-state index in [-0.39, 0.29) is 87.4 Å². The van der Waals surface area contributed by atoms with Gasteiger partial charge in [0.05, 0.1) is 36.6 Å². The Kier molecular flexibility index (Phi) is 15.5. The number of ether oxygens (including phenoxy) is 4. The molecule has 0 amide bonds. The second kappa shape index (κ2) is 20.0. The first-order valence-electron chi connectivity index (χ1n) is 28.1. The molecule has 8 saturated carbocycles. The summed E-state index contributed by atoms with van der Waals surface area (Å²) < 4.78 is 26.0. The summed E-state index contributed by atoms with van der Waals surface area (Å²) in [6.45, 7) is 27.8. The van der Waals surface area contributed by atoms with Gasteiger partial charge < -0.3 is 39.4 Å². The summed E-state index contributed by atoms with van der Waals surface area (Å²) in [6, 6.07) is 0. The summed E-state index contributed by atoms with van der Waals surface area (Å²) in [5.74, 6) is -0.243. The third-order valence-electron chi connectivity index (χ3n) is 23.6. The Morgan fingerprint density at radius 1 is 0.577 bits per heavy atom. The number of hydrogen-bond donors (Lipinski definition) is 4. The van der Waals surface area contributed by atoms with Crippen LogP contribution in [-0.4, -0.2) is 90.0 Å². The number of aliphatic hydroxyl groups is 2. The minimum absolute atomic E-state index is 0.0411. The van der Waals surface area contributed by atoms with Crippen LogP contribution in [0.2, 0.25) is 0 Å². The lowest BCUT2D eigenvalue weighted by atomic mass is 9.36. The summed E-state index contributed by atoms with van der Waals surface area (Å²) in [6.07, 6.45) is 15.6. The lowest BCUT2D eigenvalue weighted by molar-refractivity contribution is -0.254. The SMILES string of the molecule is COC1CC2(C)C(CC(O)C3C4(C)CCC(OCOC5CCC6(C)C(CCC7(C)C6C(O)CC6/C(=C(\CCC=C(C)C)C(=O)O)C(OC)CC67C)C5C)C(C)C4CCC32C)/C1=C(\CCC=C(C)C)C(=O)O. The maximum atomic E-state index is 13.0. The molecule has 4 N–H and O–H groups in total. The van der Waals surface area contributed by atoms with E-state index in [1.54, 1.807) is 14.2 Å². The molecule has 0 saturated heterocycles. The first-order valence-corrected chi connectivity index (χ1v) is 28.1. The van der Waals surface area contributed by atoms with E-state index in [0.717, 1.165) is 75.4 Å². The van der Waals surface area contributed by atoms with Crippen molar-refractivity contribution in [1.29, 1.82) is 0 Å². The molecule has 20 atom stereocenters. The zero-order valence-electron chi connectivity index (χ0n) is 46.5. The largest absolute Gasteiger partial charge is 0.478 e. The minimum Gasteiger partial charge on any atom is -0.478 e. The number of methoxy groups -OCH3 is 2. The molecule has 10 heteroatoms. The van der Waals surface area contributed by atoms with Gasteiger partial charge in [-0.15, -0.1) is 0 Å². The van der Waals surface area contributed by atoms with Crippen LogP contribution < -0.4 is 0 Å². The average molecular weight is 989 g/mol. The maximum absolute atomic E-state index is 13.0. The molecule has 0 aliphatic heterocycles. The van der Waals surface area contributed by atoms with Crippen LogP contribution in [0.3, 0.4) is 0 Å². The number of aliphatic carboxylic acids is 2. The molecule has 8 fully saturated rings. The number of fused-ring (bicyclic) bond motifs is 10. The predicted molar refractivity (Wildman–Crippen MR) is 278 cm³/mol. The first-order chi connectivity index (χ1) is 33.3. The van der Waals surface area contributed by atoms with E-state index < -0.39 is 24.1 Å². The summed E-state index contributed by atoms with van der Waals surface area (Å²) >= 11 is 0. The zero-order valence-corrected chi connectivity index (χ0v) is 46.5. The molecule has 20 unspecified atom stereocenters. The van der Waals surface area contributed by atoms with Crippen molar-refractivity contribution < 1.29 is 49.0 Å². The molecule has 8 aliphatic rings. The number of carboxylic acids is 2. The van der Waals surface area contributed by atoms with Crippen LogP contribution in [0.5, 0.6) is 0 Å². The van der Waals surface area contributed by atoms with Gasteiger partial charge in [0.25, 0.3) is 0 Å². The Hall–Kier alpha value is -2.34. The van der Waals surface area contributed by atoms with E-state index >= 15 is 0 Å². The van der Waals surface area contributed by atoms with E-state index in [9.17, 15) is 30.0 Å². The molecule has 10 nitrogen and oxygen atoms in total. The fourth-order valence-corrected chi connectivity index (χ4v) is 20.0. The normalized spacial score (nSPS) is 48.2. The molecule has 0 spiro atoms. The van der Waals surface area contributed by atoms with Gasteiger partial charge in [0.2, 0.25) is 0 Å². The molecule has 8 rings (SSSR count). The van der Waals surface area contributed by atoms with Crippen LogP contribution in [0.25, 0.3) is 0 Å². The van der Waals surface area contributed by atoms with Crippen LogP contribution in [0.1, 0.15) is 186 Å². The molecule has 0 heterocycles. The fraction of sp³-hybridized carbons (Fsp3) is 0.836. The summed E-state index contributed by atoms with van der Waals surface area (Å²) in [7, 11) is 3.46. The fourth-order valence-electron chi connectivity index (χ4n) is 20.0. The Bertz CT molecular complexity index is 2000. The van der Waals surface area contributed by atoms with Gasteiger partial charge in [0, 0.05) is 25.4 Å². The third-order valence-corrected chi connectivity index (χ3v) is 23.6. The van der Waals surface area contributed by atoms with Crippen LogP contribution in [0.4, 0.5) is 0 Å². The second-order valence-electron chi connectivity index (χ2n) is 26.9. The number of carboxylic acid groups (broad SMARTS) is 2. The van der Waals surface area contributed by atoms with Crippen molar-refractivity contribution in [2.24, 2.45) is 79.8 Å². The highest BCUT2D eigenvalue weighted by Crippen LogP contribution is 2.76. The van der Waals surface area contributed by atoms with Gasteiger partial charge in [-0.2, -0.15) is 0 Å². The number of carbonyl (C=O) groups is 2. The standard InChI is InChI=1S/C61H96O10/c1-34(2)17-15-19-38(54(64)65)50-42-29-44(62)52-56(7)25-23-46(36(5)40(56)21-27-58(52,9)60(42,11)31-48(50)68-13)70-33-71-47-24-26-57(8)41(37(47)6)22-28-59(10)53(57)45(63)30-43-51(49(69-14)32-61(43,59)12)39(55(66)67)20-16-18-35(3)4/h17-18,36-37,40-49,52-53,62-63H,15-16,19-33H2,1-14H3,(H,64,65)(H,66,67)/b50-38-,51-39-. The zero-order chi connectivity index (χ0) is 52.0. The van der Waals surface area contributed by atoms with Crippen molar-refractivity contribution in [3.05, 3.63) is 45.6 Å². The minimum atomic E-state index is -0.856. The van der Waals surface area contributed by atoms with Gasteiger partial charge >= 0.3 is 11.9 Å². The van der Waals surface area contributed by atoms with Gasteiger partial charge in [0.1, 0.15) is 6.79 Å². The van der Waals surface area contributed by atoms with Gasteiger partial charge in [-0.1, -0.05) is 78.7 Å². The summed E-state index contributed by atoms with van der Waals surface area (Å²) in [5, 5.41) is 46.2. The molecule has 0 radical (unpaired) electrons. The van der Waals surface area contributed by atoms with Crippen LogP contribution in [0.15, 0.2) is 45.6 Å². The lowest BCUT2D eigenvalue weighted by Gasteiger charge is -2.69. The van der Waals surface area contributed by atoms with Crippen molar-refractivity contribution >= 4 is 11.9 Å². The molecule has 0 aromatic rings. The Labute approximate surface area is 428 Å². The topological polar surface area (TPSA) is 152 Å². The van der Waals surface area contributed by atoms with Crippen molar-refractivity contribution in [2.75, 3.05) is 21.0 Å². The van der Waals surface area contributed by atoms with Crippen molar-refractivity contribution in [1.82, 2.24) is 0 Å². The lowest BCUT2D eigenvalue weighted by Crippen LogP contribution is -2.66. The van der Waals surface area contributed by atoms with E-state index in [2.05, 4.69) is 95.2 Å². The highest BCUT2D eigenvalue weighted by Gasteiger charge is 2.72. The molecule has 71 heavy (non-hydrogen) atoms. The van der Waals surface area contributed by atoms with E-state index in [0.29, 0.717) is 73.3 Å². The van der Waals surface area contributed by atoms with E-state index in [1.807, 2.05) is 0 Å². The highest BCUT2D eigenvalue weighted by atomic mass is 16.7. The Morgan fingerprint density at radius 3 is 1.27 bits per heavy atom. The summed E-state index contributed by atoms with van der Waals surface area (Å²) in [5.41, 5.74) is 4.23. The third kappa shape index (κ3) is 8.65. The molecule has 400 valence electrons. The van der Waals surface area contributed by atoms with Crippen LogP contribution >= 0.6 is 0 Å². The van der Waals surface area contributed by atoms with Crippen molar-refractivity contribution in [3.8, 4) is 0 Å². The van der Waals surface area contributed by atoms with E-state index in [4.69, 9.17) is 18.9 Å². The highest BCUT2D eigenvalue weighted by molar-refractivity contribution is 5.88. The maximum Gasteiger partial charge on any atom is 0.331 e. The van der Waals surface area contributed by atoms with Gasteiger partial charge in [-0.25, -0.2) is 9.59 Å². The smallest absolute Gasteiger partial charge is 0.331 e. The van der Waals surface area contributed by atoms with Crippen molar-refractivity contribution in [2.45, 2.75) is 222 Å². The number of rotatable bonds is 14. The number of allylic oxidation sites excluding steroid dienone is 4. The molecule has 0 bridgehead atoms. The Balaban J connectivity index is 0.933. The molecule has 0 aromatic carbocycles. The molecular formula is C61H96O10. The monoisotopic (exact) mass is 989 g/mol. The number of hydrogen-bond acceptors (Lipinski definition) is 8. The van der Waals surface area contributed by atoms with Gasteiger partial charge in [-0.05, 0) is 221 Å². The number of aliphatic hydroxyl groups excluding tert-OH is 2. The molecule has 8 aliphatic carbocycles. The van der Waals surface area contributed by atoms with Crippen LogP contribution in [-0.2, 0) is 28.5 Å². The second-order valence-corrected chi connectivity index (χ2v) is 26.9. The van der Waals surface area contributed by atoms with E-state index in [1.165, 1.54) is 11.1 Å². The first kappa shape index (κ1) is 54.9. The quantitative estimate of drug-likeness (QED) is 0.0752. The average Bonchev–Trinajstić information content (AvgIpc) is 3.75. The Morgan fingerprint density at radius 2 is 0.944 bits per heavy atom. The van der Waals surface area contributed by atoms with Crippen LogP contribution in [0, 0.1) is 79.8 Å². The summed E-state index contributed by atoms with van der Waals surface area (Å²) in [4.78, 5) is 25.9. The van der Waals surface area contributed by atoms with Crippen molar-refractivity contribution in [3.63, 3.8) is 0 Å².